The number of hydrogen-bond acceptors (Lipinski definition) is 2. The summed E-state index contributed by atoms with van der Waals surface area (Å²) in [6.07, 6.45) is 23.8. The summed E-state index contributed by atoms with van der Waals surface area (Å²) in [5.74, 6) is 0. The van der Waals surface area contributed by atoms with Gasteiger partial charge in [0.15, 0.2) is 0 Å². The summed E-state index contributed by atoms with van der Waals surface area (Å²) in [6, 6.07) is 0.903. The normalized spacial score (nSPS) is 14.0. The van der Waals surface area contributed by atoms with Gasteiger partial charge in [-0.05, 0) is 25.7 Å². The highest BCUT2D eigenvalue weighted by molar-refractivity contribution is 4.63. The molecule has 0 aromatic carbocycles. The fourth-order valence-corrected chi connectivity index (χ4v) is 3.48. The molecule has 0 aliphatic heterocycles. The summed E-state index contributed by atoms with van der Waals surface area (Å²) >= 11 is 0. The molecule has 0 heterocycles. The Morgan fingerprint density at radius 3 is 0.958 bits per heavy atom. The summed E-state index contributed by atoms with van der Waals surface area (Å²) in [7, 11) is 0. The number of rotatable bonds is 19. The molecular formula is C22H48N2. The second kappa shape index (κ2) is 19.2. The molecule has 2 atom stereocenters. The zero-order valence-corrected chi connectivity index (χ0v) is 17.0. The van der Waals surface area contributed by atoms with Gasteiger partial charge in [-0.25, -0.2) is 0 Å². The standard InChI is InChI=1S/C22H48N2/c1-3-5-7-13-17-21(23)19-15-11-9-10-12-16-20-22(24)18-14-8-6-4-2/h21-22H,3-20,23-24H2,1-2H3. The molecule has 0 saturated heterocycles. The van der Waals surface area contributed by atoms with E-state index in [-0.39, 0.29) is 0 Å². The minimum Gasteiger partial charge on any atom is -0.328 e. The van der Waals surface area contributed by atoms with Crippen LogP contribution >= 0.6 is 0 Å². The monoisotopic (exact) mass is 340 g/mol. The van der Waals surface area contributed by atoms with E-state index < -0.39 is 0 Å². The topological polar surface area (TPSA) is 52.0 Å². The van der Waals surface area contributed by atoms with Gasteiger partial charge in [-0.15, -0.1) is 0 Å². The van der Waals surface area contributed by atoms with Crippen molar-refractivity contribution in [3.8, 4) is 0 Å². The van der Waals surface area contributed by atoms with Crippen molar-refractivity contribution in [2.75, 3.05) is 0 Å². The fourth-order valence-electron chi connectivity index (χ4n) is 3.48. The Morgan fingerprint density at radius 1 is 0.417 bits per heavy atom. The third kappa shape index (κ3) is 18.3. The van der Waals surface area contributed by atoms with Crippen LogP contribution in [0.3, 0.4) is 0 Å². The van der Waals surface area contributed by atoms with Gasteiger partial charge >= 0.3 is 0 Å². The molecule has 0 radical (unpaired) electrons. The van der Waals surface area contributed by atoms with Crippen molar-refractivity contribution >= 4 is 0 Å². The van der Waals surface area contributed by atoms with E-state index in [0.29, 0.717) is 12.1 Å². The van der Waals surface area contributed by atoms with E-state index in [0.717, 1.165) is 0 Å². The van der Waals surface area contributed by atoms with Gasteiger partial charge in [-0.3, -0.25) is 0 Å². The van der Waals surface area contributed by atoms with Crippen molar-refractivity contribution in [3.05, 3.63) is 0 Å². The van der Waals surface area contributed by atoms with E-state index in [1.807, 2.05) is 0 Å². The van der Waals surface area contributed by atoms with Crippen molar-refractivity contribution in [1.82, 2.24) is 0 Å². The van der Waals surface area contributed by atoms with Gasteiger partial charge in [0.05, 0.1) is 0 Å². The molecule has 0 spiro atoms. The highest BCUT2D eigenvalue weighted by Crippen LogP contribution is 2.14. The summed E-state index contributed by atoms with van der Waals surface area (Å²) in [5.41, 5.74) is 12.4. The van der Waals surface area contributed by atoms with Crippen LogP contribution in [0.4, 0.5) is 0 Å². The predicted octanol–water partition coefficient (Wildman–Crippen LogP) is 6.70. The third-order valence-electron chi connectivity index (χ3n) is 5.26. The average molecular weight is 341 g/mol. The first-order chi connectivity index (χ1) is 11.7. The van der Waals surface area contributed by atoms with Gasteiger partial charge in [-0.2, -0.15) is 0 Å². The van der Waals surface area contributed by atoms with E-state index >= 15 is 0 Å². The molecule has 2 unspecified atom stereocenters. The van der Waals surface area contributed by atoms with Crippen molar-refractivity contribution in [2.45, 2.75) is 142 Å². The van der Waals surface area contributed by atoms with Crippen molar-refractivity contribution < 1.29 is 0 Å². The molecule has 0 fully saturated rings. The van der Waals surface area contributed by atoms with E-state index in [4.69, 9.17) is 11.5 Å². The highest BCUT2D eigenvalue weighted by Gasteiger charge is 2.03. The molecular weight excluding hydrogens is 292 g/mol. The van der Waals surface area contributed by atoms with Gasteiger partial charge in [0.25, 0.3) is 0 Å². The molecule has 0 aromatic heterocycles. The van der Waals surface area contributed by atoms with E-state index in [2.05, 4.69) is 13.8 Å². The van der Waals surface area contributed by atoms with E-state index in [9.17, 15) is 0 Å². The maximum Gasteiger partial charge on any atom is 0.00388 e. The highest BCUT2D eigenvalue weighted by atomic mass is 14.6. The molecule has 0 aliphatic rings. The van der Waals surface area contributed by atoms with Crippen LogP contribution in [0.5, 0.6) is 0 Å². The zero-order valence-electron chi connectivity index (χ0n) is 17.0. The quantitative estimate of drug-likeness (QED) is 0.257. The van der Waals surface area contributed by atoms with Crippen LogP contribution in [0.15, 0.2) is 0 Å². The molecule has 24 heavy (non-hydrogen) atoms. The molecule has 0 aliphatic carbocycles. The predicted molar refractivity (Wildman–Crippen MR) is 110 cm³/mol. The number of hydrogen-bond donors (Lipinski definition) is 2. The van der Waals surface area contributed by atoms with Crippen molar-refractivity contribution in [2.24, 2.45) is 11.5 Å². The van der Waals surface area contributed by atoms with E-state index in [1.165, 1.54) is 116 Å². The zero-order chi connectivity index (χ0) is 17.9. The molecule has 146 valence electrons. The van der Waals surface area contributed by atoms with Crippen LogP contribution in [0.2, 0.25) is 0 Å². The molecule has 4 N–H and O–H groups in total. The Hall–Kier alpha value is -0.0800. The van der Waals surface area contributed by atoms with Crippen molar-refractivity contribution in [3.63, 3.8) is 0 Å². The Balaban J connectivity index is 3.21. The largest absolute Gasteiger partial charge is 0.328 e. The van der Waals surface area contributed by atoms with Crippen LogP contribution in [0.1, 0.15) is 129 Å². The van der Waals surface area contributed by atoms with E-state index in [1.54, 1.807) is 0 Å². The lowest BCUT2D eigenvalue weighted by Gasteiger charge is -2.12. The van der Waals surface area contributed by atoms with Crippen molar-refractivity contribution in [1.29, 1.82) is 0 Å². The first-order valence-corrected chi connectivity index (χ1v) is 11.2. The van der Waals surface area contributed by atoms with Gasteiger partial charge in [0.1, 0.15) is 0 Å². The lowest BCUT2D eigenvalue weighted by Crippen LogP contribution is -2.19. The van der Waals surface area contributed by atoms with Gasteiger partial charge in [0, 0.05) is 12.1 Å². The Kier molecular flexibility index (Phi) is 19.2. The molecule has 0 saturated carbocycles. The van der Waals surface area contributed by atoms with Gasteiger partial charge in [-0.1, -0.05) is 104 Å². The van der Waals surface area contributed by atoms with Gasteiger partial charge in [0.2, 0.25) is 0 Å². The minimum absolute atomic E-state index is 0.451. The van der Waals surface area contributed by atoms with Crippen LogP contribution in [0.25, 0.3) is 0 Å². The van der Waals surface area contributed by atoms with Crippen LogP contribution in [-0.4, -0.2) is 12.1 Å². The smallest absolute Gasteiger partial charge is 0.00388 e. The number of unbranched alkanes of at least 4 members (excludes halogenated alkanes) is 11. The molecule has 0 bridgehead atoms. The number of nitrogens with two attached hydrogens (primary N) is 2. The molecule has 2 heteroatoms. The summed E-state index contributed by atoms with van der Waals surface area (Å²) in [5, 5.41) is 0. The second-order valence-electron chi connectivity index (χ2n) is 7.92. The van der Waals surface area contributed by atoms with Gasteiger partial charge < -0.3 is 11.5 Å². The summed E-state index contributed by atoms with van der Waals surface area (Å²) in [4.78, 5) is 0. The van der Waals surface area contributed by atoms with Crippen LogP contribution in [-0.2, 0) is 0 Å². The molecule has 2 nitrogen and oxygen atoms in total. The Labute approximate surface area is 153 Å². The second-order valence-corrected chi connectivity index (χ2v) is 7.92. The Bertz CT molecular complexity index is 206. The summed E-state index contributed by atoms with van der Waals surface area (Å²) in [6.45, 7) is 4.53. The summed E-state index contributed by atoms with van der Waals surface area (Å²) < 4.78 is 0. The lowest BCUT2D eigenvalue weighted by atomic mass is 10.00. The fraction of sp³-hybridized carbons (Fsp3) is 1.00. The SMILES string of the molecule is CCCCCCC(N)CCCCCCCCC(N)CCCCCC. The maximum absolute atomic E-state index is 6.20. The lowest BCUT2D eigenvalue weighted by molar-refractivity contribution is 0.472. The molecule has 0 aromatic rings. The first-order valence-electron chi connectivity index (χ1n) is 11.2. The first kappa shape index (κ1) is 23.9. The maximum atomic E-state index is 6.20. The third-order valence-corrected chi connectivity index (χ3v) is 5.26. The minimum atomic E-state index is 0.451. The van der Waals surface area contributed by atoms with Crippen LogP contribution in [0, 0.1) is 0 Å². The molecule has 0 rings (SSSR count). The average Bonchev–Trinajstić information content (AvgIpc) is 2.58. The molecule has 0 amide bonds. The van der Waals surface area contributed by atoms with Crippen LogP contribution < -0.4 is 11.5 Å². The Morgan fingerprint density at radius 2 is 0.667 bits per heavy atom.